The molecule has 1 fully saturated rings. The van der Waals surface area contributed by atoms with Gasteiger partial charge in [-0.1, -0.05) is 12.2 Å². The minimum atomic E-state index is 0.606. The van der Waals surface area contributed by atoms with Gasteiger partial charge in [0.25, 0.3) is 0 Å². The topological polar surface area (TPSA) is 12.5 Å². The van der Waals surface area contributed by atoms with E-state index in [9.17, 15) is 0 Å². The number of thiocarbonyl (C=S) groups is 1. The predicted octanol–water partition coefficient (Wildman–Crippen LogP) is 1.45. The van der Waals surface area contributed by atoms with E-state index in [2.05, 4.69) is 4.90 Å². The first-order chi connectivity index (χ1) is 5.34. The highest BCUT2D eigenvalue weighted by Gasteiger charge is 2.12. The second-order valence-corrected chi connectivity index (χ2v) is 3.35. The Morgan fingerprint density at radius 1 is 1.36 bits per heavy atom. The number of rotatable bonds is 2. The van der Waals surface area contributed by atoms with Crippen molar-refractivity contribution in [2.75, 3.05) is 26.8 Å². The summed E-state index contributed by atoms with van der Waals surface area (Å²) in [6, 6.07) is 0. The van der Waals surface area contributed by atoms with Gasteiger partial charge in [-0.3, -0.25) is 0 Å². The van der Waals surface area contributed by atoms with Crippen molar-refractivity contribution < 1.29 is 4.74 Å². The number of methoxy groups -OCH3 is 1. The van der Waals surface area contributed by atoms with Crippen LogP contribution in [0.15, 0.2) is 0 Å². The van der Waals surface area contributed by atoms with Crippen LogP contribution in [0.4, 0.5) is 0 Å². The van der Waals surface area contributed by atoms with Gasteiger partial charge in [-0.2, -0.15) is 0 Å². The molecule has 0 saturated carbocycles. The SMILES string of the molecule is COCC(=S)N1CCCCC1. The van der Waals surface area contributed by atoms with Crippen molar-refractivity contribution in [2.45, 2.75) is 19.3 Å². The van der Waals surface area contributed by atoms with Crippen LogP contribution < -0.4 is 0 Å². The van der Waals surface area contributed by atoms with Gasteiger partial charge in [-0.15, -0.1) is 0 Å². The maximum absolute atomic E-state index is 5.17. The Hall–Kier alpha value is -0.150. The zero-order chi connectivity index (χ0) is 8.10. The van der Waals surface area contributed by atoms with E-state index in [1.54, 1.807) is 7.11 Å². The van der Waals surface area contributed by atoms with Gasteiger partial charge >= 0.3 is 0 Å². The fourth-order valence-corrected chi connectivity index (χ4v) is 1.66. The van der Waals surface area contributed by atoms with E-state index < -0.39 is 0 Å². The average Bonchev–Trinajstić information content (AvgIpc) is 2.07. The Morgan fingerprint density at radius 3 is 2.55 bits per heavy atom. The highest BCUT2D eigenvalue weighted by Crippen LogP contribution is 2.09. The van der Waals surface area contributed by atoms with Crippen molar-refractivity contribution in [3.63, 3.8) is 0 Å². The van der Waals surface area contributed by atoms with Crippen LogP contribution in [-0.4, -0.2) is 36.7 Å². The summed E-state index contributed by atoms with van der Waals surface area (Å²) in [5.41, 5.74) is 0. The summed E-state index contributed by atoms with van der Waals surface area (Å²) in [4.78, 5) is 3.22. The molecule has 3 heteroatoms. The van der Waals surface area contributed by atoms with Crippen molar-refractivity contribution in [1.29, 1.82) is 0 Å². The molecule has 2 nitrogen and oxygen atoms in total. The quantitative estimate of drug-likeness (QED) is 0.586. The normalized spacial score (nSPS) is 18.5. The van der Waals surface area contributed by atoms with Crippen LogP contribution >= 0.6 is 12.2 Å². The molecule has 0 bridgehead atoms. The molecule has 1 aliphatic rings. The summed E-state index contributed by atoms with van der Waals surface area (Å²) in [6.45, 7) is 2.86. The van der Waals surface area contributed by atoms with Crippen molar-refractivity contribution >= 4 is 17.2 Å². The highest BCUT2D eigenvalue weighted by atomic mass is 32.1. The maximum atomic E-state index is 5.17. The zero-order valence-corrected chi connectivity index (χ0v) is 7.82. The lowest BCUT2D eigenvalue weighted by atomic mass is 10.1. The van der Waals surface area contributed by atoms with E-state index in [-0.39, 0.29) is 0 Å². The van der Waals surface area contributed by atoms with Crippen LogP contribution in [0.5, 0.6) is 0 Å². The molecule has 0 spiro atoms. The summed E-state index contributed by atoms with van der Waals surface area (Å²) in [5.74, 6) is 0. The molecule has 0 aromatic carbocycles. The minimum absolute atomic E-state index is 0.606. The fourth-order valence-electron chi connectivity index (χ4n) is 1.36. The van der Waals surface area contributed by atoms with Gasteiger partial charge < -0.3 is 9.64 Å². The molecule has 0 N–H and O–H groups in total. The number of nitrogens with zero attached hydrogens (tertiary/aromatic N) is 1. The summed E-state index contributed by atoms with van der Waals surface area (Å²) < 4.78 is 4.97. The van der Waals surface area contributed by atoms with Crippen LogP contribution in [-0.2, 0) is 4.74 Å². The van der Waals surface area contributed by atoms with Crippen molar-refractivity contribution in [1.82, 2.24) is 4.90 Å². The molecule has 0 aromatic rings. The molecule has 0 atom stereocenters. The molecule has 0 radical (unpaired) electrons. The fraction of sp³-hybridized carbons (Fsp3) is 0.875. The molecule has 0 amide bonds. The van der Waals surface area contributed by atoms with Gasteiger partial charge in [0.05, 0.1) is 6.61 Å². The molecule has 1 saturated heterocycles. The van der Waals surface area contributed by atoms with Gasteiger partial charge in [-0.25, -0.2) is 0 Å². The summed E-state index contributed by atoms with van der Waals surface area (Å²) in [5, 5.41) is 0. The standard InChI is InChI=1S/C8H15NOS/c1-10-7-8(11)9-5-3-2-4-6-9/h2-7H2,1H3. The Bertz CT molecular complexity index is 132. The van der Waals surface area contributed by atoms with Gasteiger partial charge in [0.15, 0.2) is 0 Å². The Kier molecular flexibility index (Phi) is 3.80. The maximum Gasteiger partial charge on any atom is 0.104 e. The molecule has 1 aliphatic heterocycles. The second-order valence-electron chi connectivity index (χ2n) is 2.87. The second kappa shape index (κ2) is 4.67. The molecule has 11 heavy (non-hydrogen) atoms. The third-order valence-electron chi connectivity index (χ3n) is 1.98. The van der Waals surface area contributed by atoms with Crippen molar-refractivity contribution in [2.24, 2.45) is 0 Å². The lowest BCUT2D eigenvalue weighted by Gasteiger charge is -2.28. The third-order valence-corrected chi connectivity index (χ3v) is 2.35. The monoisotopic (exact) mass is 173 g/mol. The summed E-state index contributed by atoms with van der Waals surface area (Å²) in [6.07, 6.45) is 3.92. The number of likely N-dealkylation sites (tertiary alicyclic amines) is 1. The summed E-state index contributed by atoms with van der Waals surface area (Å²) in [7, 11) is 1.69. The lowest BCUT2D eigenvalue weighted by Crippen LogP contribution is -2.36. The first kappa shape index (κ1) is 8.94. The Morgan fingerprint density at radius 2 is 2.00 bits per heavy atom. The summed E-state index contributed by atoms with van der Waals surface area (Å²) >= 11 is 5.17. The molecule has 0 aliphatic carbocycles. The van der Waals surface area contributed by atoms with E-state index in [4.69, 9.17) is 17.0 Å². The van der Waals surface area contributed by atoms with Crippen LogP contribution in [0.2, 0.25) is 0 Å². The smallest absolute Gasteiger partial charge is 0.104 e. The van der Waals surface area contributed by atoms with Gasteiger partial charge in [-0.05, 0) is 19.3 Å². The highest BCUT2D eigenvalue weighted by molar-refractivity contribution is 7.80. The largest absolute Gasteiger partial charge is 0.378 e. The minimum Gasteiger partial charge on any atom is -0.378 e. The lowest BCUT2D eigenvalue weighted by molar-refractivity contribution is 0.227. The molecule has 0 unspecified atom stereocenters. The van der Waals surface area contributed by atoms with Gasteiger partial charge in [0.1, 0.15) is 4.99 Å². The van der Waals surface area contributed by atoms with Crippen LogP contribution in [0, 0.1) is 0 Å². The van der Waals surface area contributed by atoms with Crippen LogP contribution in [0.25, 0.3) is 0 Å². The average molecular weight is 173 g/mol. The van der Waals surface area contributed by atoms with E-state index in [0.29, 0.717) is 6.61 Å². The Balaban J connectivity index is 2.27. The molecule has 64 valence electrons. The van der Waals surface area contributed by atoms with Gasteiger partial charge in [0.2, 0.25) is 0 Å². The van der Waals surface area contributed by atoms with Crippen molar-refractivity contribution in [3.05, 3.63) is 0 Å². The first-order valence-electron chi connectivity index (χ1n) is 4.11. The van der Waals surface area contributed by atoms with E-state index in [1.807, 2.05) is 0 Å². The number of hydrogen-bond acceptors (Lipinski definition) is 2. The molecular weight excluding hydrogens is 158 g/mol. The zero-order valence-electron chi connectivity index (χ0n) is 7.01. The number of hydrogen-bond donors (Lipinski definition) is 0. The van der Waals surface area contributed by atoms with Crippen LogP contribution in [0.3, 0.4) is 0 Å². The van der Waals surface area contributed by atoms with E-state index in [1.165, 1.54) is 19.3 Å². The van der Waals surface area contributed by atoms with Gasteiger partial charge in [0, 0.05) is 20.2 Å². The van der Waals surface area contributed by atoms with E-state index in [0.717, 1.165) is 18.1 Å². The number of piperidine rings is 1. The van der Waals surface area contributed by atoms with Crippen molar-refractivity contribution in [3.8, 4) is 0 Å². The number of ether oxygens (including phenoxy) is 1. The molecular formula is C8H15NOS. The first-order valence-corrected chi connectivity index (χ1v) is 4.52. The van der Waals surface area contributed by atoms with Crippen LogP contribution in [0.1, 0.15) is 19.3 Å². The third kappa shape index (κ3) is 2.75. The predicted molar refractivity (Wildman–Crippen MR) is 49.9 cm³/mol. The molecule has 0 aromatic heterocycles. The van der Waals surface area contributed by atoms with E-state index >= 15 is 0 Å². The Labute approximate surface area is 73.5 Å². The molecule has 1 rings (SSSR count). The molecule has 1 heterocycles.